The highest BCUT2D eigenvalue weighted by Crippen LogP contribution is 2.29. The number of nitrogens with zero attached hydrogens (tertiary/aromatic N) is 1. The first-order valence-electron chi connectivity index (χ1n) is 8.73. The summed E-state index contributed by atoms with van der Waals surface area (Å²) in [5.41, 5.74) is 1.93. The average molecular weight is 412 g/mol. The molecule has 1 aromatic heterocycles. The van der Waals surface area contributed by atoms with Crippen molar-refractivity contribution in [2.45, 2.75) is 6.92 Å². The van der Waals surface area contributed by atoms with Gasteiger partial charge in [0, 0.05) is 5.56 Å². The van der Waals surface area contributed by atoms with E-state index in [2.05, 4.69) is 10.3 Å². The molecule has 2 aromatic carbocycles. The molecule has 0 aliphatic rings. The number of carbonyl (C=O) groups excluding carboxylic acids is 2. The molecular formula is C21H20N2O5S. The molecule has 7 nitrogen and oxygen atoms in total. The van der Waals surface area contributed by atoms with E-state index in [9.17, 15) is 9.59 Å². The number of esters is 1. The molecule has 0 aliphatic carbocycles. The van der Waals surface area contributed by atoms with Crippen molar-refractivity contribution in [1.29, 1.82) is 0 Å². The van der Waals surface area contributed by atoms with Crippen molar-refractivity contribution in [1.82, 2.24) is 4.98 Å². The fraction of sp³-hybridized carbons (Fsp3) is 0.190. The zero-order valence-corrected chi connectivity index (χ0v) is 17.0. The van der Waals surface area contributed by atoms with Crippen LogP contribution in [0.3, 0.4) is 0 Å². The summed E-state index contributed by atoms with van der Waals surface area (Å²) in [6, 6.07) is 14.4. The summed E-state index contributed by atoms with van der Waals surface area (Å²) < 4.78 is 15.5. The maximum Gasteiger partial charge on any atom is 0.350 e. The van der Waals surface area contributed by atoms with Gasteiger partial charge in [-0.1, -0.05) is 12.1 Å². The number of para-hydroxylation sites is 2. The van der Waals surface area contributed by atoms with Gasteiger partial charge in [-0.25, -0.2) is 9.78 Å². The largest absolute Gasteiger partial charge is 0.497 e. The zero-order valence-electron chi connectivity index (χ0n) is 16.2. The van der Waals surface area contributed by atoms with Gasteiger partial charge in [-0.3, -0.25) is 4.79 Å². The average Bonchev–Trinajstić information content (AvgIpc) is 3.14. The first-order chi connectivity index (χ1) is 14.0. The molecule has 0 saturated heterocycles. The minimum atomic E-state index is -0.588. The minimum Gasteiger partial charge on any atom is -0.497 e. The molecule has 150 valence electrons. The molecule has 1 N–H and O–H groups in total. The normalized spacial score (nSPS) is 10.3. The van der Waals surface area contributed by atoms with E-state index < -0.39 is 18.5 Å². The highest BCUT2D eigenvalue weighted by Gasteiger charge is 2.19. The van der Waals surface area contributed by atoms with Crippen LogP contribution in [0.2, 0.25) is 0 Å². The SMILES string of the molecule is COc1ccc(-c2nc(C)c(C(=O)OCC(=O)Nc3ccccc3OC)s2)cc1. The first-order valence-corrected chi connectivity index (χ1v) is 9.55. The van der Waals surface area contributed by atoms with Crippen molar-refractivity contribution in [2.24, 2.45) is 0 Å². The Kier molecular flexibility index (Phi) is 6.46. The Balaban J connectivity index is 1.63. The van der Waals surface area contributed by atoms with Gasteiger partial charge >= 0.3 is 5.97 Å². The van der Waals surface area contributed by atoms with Crippen LogP contribution in [0.5, 0.6) is 11.5 Å². The molecule has 0 radical (unpaired) electrons. The van der Waals surface area contributed by atoms with Crippen LogP contribution in [0.25, 0.3) is 10.6 Å². The Labute approximate surface area is 172 Å². The molecule has 29 heavy (non-hydrogen) atoms. The number of methoxy groups -OCH3 is 2. The van der Waals surface area contributed by atoms with Crippen LogP contribution >= 0.6 is 11.3 Å². The second-order valence-corrected chi connectivity index (χ2v) is 6.99. The van der Waals surface area contributed by atoms with E-state index in [1.807, 2.05) is 24.3 Å². The van der Waals surface area contributed by atoms with Crippen molar-refractivity contribution in [3.63, 3.8) is 0 Å². The van der Waals surface area contributed by atoms with Crippen molar-refractivity contribution in [3.8, 4) is 22.1 Å². The molecule has 3 rings (SSSR count). The number of carbonyl (C=O) groups is 2. The number of nitrogens with one attached hydrogen (secondary N) is 1. The molecule has 0 aliphatic heterocycles. The number of amides is 1. The fourth-order valence-corrected chi connectivity index (χ4v) is 3.54. The quantitative estimate of drug-likeness (QED) is 0.592. The lowest BCUT2D eigenvalue weighted by Gasteiger charge is -2.09. The Morgan fingerprint density at radius 2 is 1.76 bits per heavy atom. The molecule has 0 unspecified atom stereocenters. The topological polar surface area (TPSA) is 86.8 Å². The second kappa shape index (κ2) is 9.20. The molecule has 0 atom stereocenters. The van der Waals surface area contributed by atoms with E-state index in [1.54, 1.807) is 38.3 Å². The van der Waals surface area contributed by atoms with Gasteiger partial charge in [0.1, 0.15) is 21.4 Å². The number of aromatic nitrogens is 1. The van der Waals surface area contributed by atoms with Gasteiger partial charge in [0.25, 0.3) is 5.91 Å². The van der Waals surface area contributed by atoms with Crippen LogP contribution in [0, 0.1) is 6.92 Å². The summed E-state index contributed by atoms with van der Waals surface area (Å²) in [7, 11) is 3.11. The van der Waals surface area contributed by atoms with Gasteiger partial charge in [0.05, 0.1) is 25.6 Å². The van der Waals surface area contributed by atoms with Crippen LogP contribution in [0.15, 0.2) is 48.5 Å². The monoisotopic (exact) mass is 412 g/mol. The lowest BCUT2D eigenvalue weighted by Crippen LogP contribution is -2.21. The Hall–Kier alpha value is -3.39. The minimum absolute atomic E-state index is 0.362. The van der Waals surface area contributed by atoms with E-state index in [1.165, 1.54) is 18.4 Å². The zero-order chi connectivity index (χ0) is 20.8. The third kappa shape index (κ3) is 4.91. The standard InChI is InChI=1S/C21H20N2O5S/c1-13-19(29-20(22-13)14-8-10-15(26-2)11-9-14)21(25)28-12-18(24)23-16-6-4-5-7-17(16)27-3/h4-11H,12H2,1-3H3,(H,23,24). The summed E-state index contributed by atoms with van der Waals surface area (Å²) in [6.07, 6.45) is 0. The van der Waals surface area contributed by atoms with Gasteiger partial charge in [-0.2, -0.15) is 0 Å². The maximum absolute atomic E-state index is 12.4. The number of hydrogen-bond acceptors (Lipinski definition) is 7. The molecule has 1 heterocycles. The number of rotatable bonds is 7. The third-order valence-corrected chi connectivity index (χ3v) is 5.22. The third-order valence-electron chi connectivity index (χ3n) is 4.03. The summed E-state index contributed by atoms with van der Waals surface area (Å²) >= 11 is 1.22. The van der Waals surface area contributed by atoms with Crippen molar-refractivity contribution < 1.29 is 23.8 Å². The second-order valence-electron chi connectivity index (χ2n) is 5.99. The summed E-state index contributed by atoms with van der Waals surface area (Å²) in [5.74, 6) is 0.215. The Morgan fingerprint density at radius 3 is 2.45 bits per heavy atom. The van der Waals surface area contributed by atoms with Crippen LogP contribution in [-0.4, -0.2) is 37.7 Å². The molecule has 8 heteroatoms. The smallest absolute Gasteiger partial charge is 0.350 e. The van der Waals surface area contributed by atoms with Crippen LogP contribution < -0.4 is 14.8 Å². The Morgan fingerprint density at radius 1 is 1.03 bits per heavy atom. The number of anilines is 1. The predicted molar refractivity (Wildman–Crippen MR) is 111 cm³/mol. The van der Waals surface area contributed by atoms with E-state index >= 15 is 0 Å². The molecule has 0 saturated carbocycles. The van der Waals surface area contributed by atoms with Crippen molar-refractivity contribution in [2.75, 3.05) is 26.1 Å². The molecule has 1 amide bonds. The Bertz CT molecular complexity index is 1010. The first kappa shape index (κ1) is 20.3. The van der Waals surface area contributed by atoms with E-state index in [4.69, 9.17) is 14.2 Å². The van der Waals surface area contributed by atoms with Crippen LogP contribution in [-0.2, 0) is 9.53 Å². The van der Waals surface area contributed by atoms with Crippen LogP contribution in [0.1, 0.15) is 15.4 Å². The summed E-state index contributed by atoms with van der Waals surface area (Å²) in [5, 5.41) is 3.35. The van der Waals surface area contributed by atoms with Crippen LogP contribution in [0.4, 0.5) is 5.69 Å². The fourth-order valence-electron chi connectivity index (χ4n) is 2.57. The number of aryl methyl sites for hydroxylation is 1. The van der Waals surface area contributed by atoms with E-state index in [0.717, 1.165) is 11.3 Å². The molecule has 0 fully saturated rings. The number of thiazole rings is 1. The summed E-state index contributed by atoms with van der Waals surface area (Å²) in [4.78, 5) is 29.3. The molecule has 3 aromatic rings. The van der Waals surface area contributed by atoms with Gasteiger partial charge in [0.15, 0.2) is 6.61 Å². The van der Waals surface area contributed by atoms with Gasteiger partial charge in [0.2, 0.25) is 0 Å². The van der Waals surface area contributed by atoms with Gasteiger partial charge in [-0.05, 0) is 43.3 Å². The van der Waals surface area contributed by atoms with E-state index in [0.29, 0.717) is 27.0 Å². The maximum atomic E-state index is 12.4. The molecule has 0 bridgehead atoms. The number of ether oxygens (including phenoxy) is 3. The summed E-state index contributed by atoms with van der Waals surface area (Å²) in [6.45, 7) is 1.32. The van der Waals surface area contributed by atoms with Crippen molar-refractivity contribution >= 4 is 28.9 Å². The highest BCUT2D eigenvalue weighted by molar-refractivity contribution is 7.17. The molecule has 0 spiro atoms. The number of benzene rings is 2. The van der Waals surface area contributed by atoms with E-state index in [-0.39, 0.29) is 0 Å². The van der Waals surface area contributed by atoms with Gasteiger partial charge in [-0.15, -0.1) is 11.3 Å². The lowest BCUT2D eigenvalue weighted by atomic mass is 10.2. The highest BCUT2D eigenvalue weighted by atomic mass is 32.1. The van der Waals surface area contributed by atoms with Crippen molar-refractivity contribution in [3.05, 3.63) is 59.1 Å². The predicted octanol–water partition coefficient (Wildman–Crippen LogP) is 3.93. The number of hydrogen-bond donors (Lipinski definition) is 1. The van der Waals surface area contributed by atoms with Gasteiger partial charge < -0.3 is 19.5 Å². The molecular weight excluding hydrogens is 392 g/mol. The lowest BCUT2D eigenvalue weighted by molar-refractivity contribution is -0.119.